The lowest BCUT2D eigenvalue weighted by molar-refractivity contribution is 0.453. The van der Waals surface area contributed by atoms with Crippen LogP contribution >= 0.6 is 11.3 Å². The van der Waals surface area contributed by atoms with E-state index in [0.29, 0.717) is 24.0 Å². The van der Waals surface area contributed by atoms with E-state index in [1.807, 2.05) is 12.3 Å². The van der Waals surface area contributed by atoms with E-state index in [1.165, 1.54) is 17.1 Å². The van der Waals surface area contributed by atoms with Crippen LogP contribution in [0.5, 0.6) is 0 Å². The lowest BCUT2D eigenvalue weighted by Crippen LogP contribution is -2.29. The van der Waals surface area contributed by atoms with Gasteiger partial charge in [0.25, 0.3) is 0 Å². The summed E-state index contributed by atoms with van der Waals surface area (Å²) in [7, 11) is -1.67. The third kappa shape index (κ3) is 4.28. The summed E-state index contributed by atoms with van der Waals surface area (Å²) in [6.45, 7) is 5.28. The van der Waals surface area contributed by atoms with Crippen LogP contribution in [0.2, 0.25) is 0 Å². The second kappa shape index (κ2) is 7.22. The van der Waals surface area contributed by atoms with Crippen LogP contribution in [-0.4, -0.2) is 32.4 Å². The molecule has 0 atom stereocenters. The summed E-state index contributed by atoms with van der Waals surface area (Å²) in [4.78, 5) is 1.47. The van der Waals surface area contributed by atoms with Crippen LogP contribution in [0.25, 0.3) is 0 Å². The fourth-order valence-corrected chi connectivity index (χ4v) is 5.25. The second-order valence-electron chi connectivity index (χ2n) is 5.86. The average Bonchev–Trinajstić information content (AvgIpc) is 3.19. The van der Waals surface area contributed by atoms with Crippen LogP contribution in [0.4, 0.5) is 0 Å². The first-order chi connectivity index (χ1) is 9.96. The number of sulfonamides is 1. The van der Waals surface area contributed by atoms with E-state index >= 15 is 0 Å². The highest BCUT2D eigenvalue weighted by atomic mass is 32.2. The summed E-state index contributed by atoms with van der Waals surface area (Å²) in [5.74, 6) is 0. The van der Waals surface area contributed by atoms with E-state index < -0.39 is 10.0 Å². The van der Waals surface area contributed by atoms with Gasteiger partial charge in [0.05, 0.1) is 0 Å². The fourth-order valence-electron chi connectivity index (χ4n) is 2.34. The highest BCUT2D eigenvalue weighted by Crippen LogP contribution is 2.30. The molecule has 21 heavy (non-hydrogen) atoms. The summed E-state index contributed by atoms with van der Waals surface area (Å²) in [5, 5.41) is 5.37. The summed E-state index contributed by atoms with van der Waals surface area (Å²) in [6, 6.07) is 0.588. The smallest absolute Gasteiger partial charge is 0.244 e. The molecule has 0 radical (unpaired) electrons. The van der Waals surface area contributed by atoms with Crippen LogP contribution in [-0.2, 0) is 16.6 Å². The minimum absolute atomic E-state index is 0.527. The maximum Gasteiger partial charge on any atom is 0.244 e. The maximum atomic E-state index is 12.8. The van der Waals surface area contributed by atoms with Gasteiger partial charge in [-0.2, -0.15) is 0 Å². The summed E-state index contributed by atoms with van der Waals surface area (Å²) < 4.78 is 27.1. The molecule has 0 bridgehead atoms. The van der Waals surface area contributed by atoms with Gasteiger partial charge in [-0.1, -0.05) is 19.8 Å². The van der Waals surface area contributed by atoms with E-state index in [1.54, 1.807) is 18.4 Å². The molecule has 0 aliphatic heterocycles. The molecule has 120 valence electrons. The lowest BCUT2D eigenvalue weighted by atomic mass is 10.2. The Labute approximate surface area is 132 Å². The van der Waals surface area contributed by atoms with Crippen molar-refractivity contribution in [3.05, 3.63) is 15.8 Å². The summed E-state index contributed by atoms with van der Waals surface area (Å²) in [5.41, 5.74) is 0.870. The number of rotatable bonds is 9. The van der Waals surface area contributed by atoms with Crippen LogP contribution in [0.1, 0.15) is 49.5 Å². The second-order valence-corrected chi connectivity index (χ2v) is 8.81. The standard InChI is InChI=1S/C15H26N2O2S2/c1-4-5-6-9-17(3)21(18,19)15-12(2)11-20-14(15)10-16-13-7-8-13/h11,13,16H,4-10H2,1-3H3. The molecule has 1 saturated carbocycles. The van der Waals surface area contributed by atoms with Gasteiger partial charge in [0.1, 0.15) is 4.90 Å². The van der Waals surface area contributed by atoms with E-state index in [9.17, 15) is 8.42 Å². The number of aryl methyl sites for hydroxylation is 1. The molecule has 4 nitrogen and oxygen atoms in total. The Morgan fingerprint density at radius 2 is 2.10 bits per heavy atom. The third-order valence-electron chi connectivity index (χ3n) is 3.86. The van der Waals surface area contributed by atoms with Gasteiger partial charge in [0, 0.05) is 31.1 Å². The molecule has 1 aliphatic rings. The van der Waals surface area contributed by atoms with Crippen molar-refractivity contribution >= 4 is 21.4 Å². The highest BCUT2D eigenvalue weighted by Gasteiger charge is 2.28. The quantitative estimate of drug-likeness (QED) is 0.708. The first kappa shape index (κ1) is 16.9. The zero-order valence-electron chi connectivity index (χ0n) is 13.2. The SMILES string of the molecule is CCCCCN(C)S(=O)(=O)c1c(C)csc1CNC1CC1. The average molecular weight is 331 g/mol. The van der Waals surface area contributed by atoms with Gasteiger partial charge in [0.15, 0.2) is 0 Å². The molecular weight excluding hydrogens is 304 g/mol. The zero-order valence-corrected chi connectivity index (χ0v) is 14.8. The van der Waals surface area contributed by atoms with Crippen molar-refractivity contribution < 1.29 is 8.42 Å². The van der Waals surface area contributed by atoms with Gasteiger partial charge < -0.3 is 5.32 Å². The predicted molar refractivity (Wildman–Crippen MR) is 88.3 cm³/mol. The van der Waals surface area contributed by atoms with Gasteiger partial charge in [0.2, 0.25) is 10.0 Å². The number of nitrogens with one attached hydrogen (secondary N) is 1. The van der Waals surface area contributed by atoms with Crippen molar-refractivity contribution in [1.82, 2.24) is 9.62 Å². The van der Waals surface area contributed by atoms with Gasteiger partial charge in [-0.15, -0.1) is 11.3 Å². The van der Waals surface area contributed by atoms with Crippen molar-refractivity contribution in [2.75, 3.05) is 13.6 Å². The molecule has 0 spiro atoms. The van der Waals surface area contributed by atoms with Crippen molar-refractivity contribution in [2.45, 2.75) is 63.4 Å². The first-order valence-corrected chi connectivity index (χ1v) is 10.1. The van der Waals surface area contributed by atoms with Crippen LogP contribution in [0, 0.1) is 6.92 Å². The van der Waals surface area contributed by atoms with E-state index in [0.717, 1.165) is 29.7 Å². The van der Waals surface area contributed by atoms with Gasteiger partial charge >= 0.3 is 0 Å². The predicted octanol–water partition coefficient (Wildman–Crippen LogP) is 3.12. The number of hydrogen-bond donors (Lipinski definition) is 1. The van der Waals surface area contributed by atoms with Crippen LogP contribution in [0.15, 0.2) is 10.3 Å². The molecule has 0 aromatic carbocycles. The normalized spacial score (nSPS) is 15.8. The Hall–Kier alpha value is -0.430. The first-order valence-electron chi connectivity index (χ1n) is 7.73. The Balaban J connectivity index is 2.11. The Bertz CT molecular complexity index is 562. The zero-order chi connectivity index (χ0) is 15.5. The van der Waals surface area contributed by atoms with E-state index in [-0.39, 0.29) is 0 Å². The minimum atomic E-state index is -3.36. The molecule has 6 heteroatoms. The van der Waals surface area contributed by atoms with Crippen LogP contribution < -0.4 is 5.32 Å². The molecule has 0 saturated heterocycles. The topological polar surface area (TPSA) is 49.4 Å². The Morgan fingerprint density at radius 3 is 2.71 bits per heavy atom. The monoisotopic (exact) mass is 330 g/mol. The Kier molecular flexibility index (Phi) is 5.82. The molecule has 1 aromatic rings. The summed E-state index contributed by atoms with van der Waals surface area (Å²) >= 11 is 1.55. The number of unbranched alkanes of at least 4 members (excludes halogenated alkanes) is 2. The lowest BCUT2D eigenvalue weighted by Gasteiger charge is -2.18. The van der Waals surface area contributed by atoms with Crippen LogP contribution in [0.3, 0.4) is 0 Å². The number of thiophene rings is 1. The number of hydrogen-bond acceptors (Lipinski definition) is 4. The van der Waals surface area contributed by atoms with E-state index in [4.69, 9.17) is 0 Å². The number of nitrogens with zero attached hydrogens (tertiary/aromatic N) is 1. The van der Waals surface area contributed by atoms with Crippen molar-refractivity contribution in [3.8, 4) is 0 Å². The van der Waals surface area contributed by atoms with Gasteiger partial charge in [-0.3, -0.25) is 0 Å². The highest BCUT2D eigenvalue weighted by molar-refractivity contribution is 7.89. The molecular formula is C15H26N2O2S2. The Morgan fingerprint density at radius 1 is 1.38 bits per heavy atom. The molecule has 1 heterocycles. The molecule has 1 aliphatic carbocycles. The molecule has 1 N–H and O–H groups in total. The molecule has 0 unspecified atom stereocenters. The van der Waals surface area contributed by atoms with Gasteiger partial charge in [-0.25, -0.2) is 12.7 Å². The molecule has 1 aromatic heterocycles. The summed E-state index contributed by atoms with van der Waals surface area (Å²) in [6.07, 6.45) is 5.51. The molecule has 2 rings (SSSR count). The molecule has 0 amide bonds. The van der Waals surface area contributed by atoms with Crippen molar-refractivity contribution in [3.63, 3.8) is 0 Å². The molecule has 1 fully saturated rings. The fraction of sp³-hybridized carbons (Fsp3) is 0.733. The maximum absolute atomic E-state index is 12.8. The van der Waals surface area contributed by atoms with Crippen molar-refractivity contribution in [1.29, 1.82) is 0 Å². The van der Waals surface area contributed by atoms with Crippen molar-refractivity contribution in [2.24, 2.45) is 0 Å². The third-order valence-corrected chi connectivity index (χ3v) is 7.18. The largest absolute Gasteiger partial charge is 0.309 e. The van der Waals surface area contributed by atoms with E-state index in [2.05, 4.69) is 12.2 Å². The van der Waals surface area contributed by atoms with Gasteiger partial charge in [-0.05, 0) is 37.1 Å². The minimum Gasteiger partial charge on any atom is -0.309 e.